The molecule has 1 aromatic rings. The van der Waals surface area contributed by atoms with Crippen LogP contribution in [0.15, 0.2) is 12.4 Å². The zero-order valence-corrected chi connectivity index (χ0v) is 9.49. The Labute approximate surface area is 90.4 Å². The molecular formula is C12H17NO2. The van der Waals surface area contributed by atoms with Crippen LogP contribution in [0.5, 0.6) is 0 Å². The second-order valence-corrected chi connectivity index (χ2v) is 4.04. The number of hydrogen-bond acceptors (Lipinski definition) is 3. The minimum absolute atomic E-state index is 0.280. The van der Waals surface area contributed by atoms with Gasteiger partial charge in [-0.1, -0.05) is 6.92 Å². The highest BCUT2D eigenvalue weighted by Gasteiger charge is 2.24. The third kappa shape index (κ3) is 1.77. The van der Waals surface area contributed by atoms with E-state index in [4.69, 9.17) is 9.47 Å². The molecule has 0 saturated heterocycles. The number of nitrogens with zero attached hydrogens (tertiary/aromatic N) is 1. The number of fused-ring (bicyclic) bond motifs is 1. The number of methoxy groups -OCH3 is 2. The Hall–Kier alpha value is -0.930. The lowest BCUT2D eigenvalue weighted by molar-refractivity contribution is -0.106. The molecule has 0 N–H and O–H groups in total. The summed E-state index contributed by atoms with van der Waals surface area (Å²) >= 11 is 0. The molecule has 1 aliphatic rings. The van der Waals surface area contributed by atoms with Gasteiger partial charge >= 0.3 is 0 Å². The van der Waals surface area contributed by atoms with Crippen molar-refractivity contribution >= 4 is 0 Å². The fraction of sp³-hybridized carbons (Fsp3) is 0.583. The van der Waals surface area contributed by atoms with E-state index in [1.807, 2.05) is 12.4 Å². The first-order valence-electron chi connectivity index (χ1n) is 5.30. The minimum atomic E-state index is -0.280. The first-order valence-corrected chi connectivity index (χ1v) is 5.30. The van der Waals surface area contributed by atoms with Crippen LogP contribution in [0.4, 0.5) is 0 Å². The molecule has 0 fully saturated rings. The molecule has 1 aromatic heterocycles. The number of pyridine rings is 1. The fourth-order valence-electron chi connectivity index (χ4n) is 2.30. The number of aromatic nitrogens is 1. The van der Waals surface area contributed by atoms with E-state index < -0.39 is 0 Å². The Morgan fingerprint density at radius 2 is 2.07 bits per heavy atom. The van der Waals surface area contributed by atoms with Crippen molar-refractivity contribution in [2.24, 2.45) is 0 Å². The quantitative estimate of drug-likeness (QED) is 0.713. The second-order valence-electron chi connectivity index (χ2n) is 4.04. The van der Waals surface area contributed by atoms with Crippen molar-refractivity contribution in [2.45, 2.75) is 32.0 Å². The van der Waals surface area contributed by atoms with Gasteiger partial charge in [-0.2, -0.15) is 0 Å². The van der Waals surface area contributed by atoms with Crippen molar-refractivity contribution in [3.63, 3.8) is 0 Å². The SMILES string of the molecule is COC(OC)c1cncc2c1CC[C@@H]2C. The van der Waals surface area contributed by atoms with Crippen LogP contribution in [0.25, 0.3) is 0 Å². The number of ether oxygens (including phenoxy) is 2. The van der Waals surface area contributed by atoms with Gasteiger partial charge in [-0.15, -0.1) is 0 Å². The normalized spacial score (nSPS) is 19.6. The predicted octanol–water partition coefficient (Wildman–Crippen LogP) is 2.42. The third-order valence-corrected chi connectivity index (χ3v) is 3.16. The smallest absolute Gasteiger partial charge is 0.184 e. The second kappa shape index (κ2) is 4.29. The minimum Gasteiger partial charge on any atom is -0.352 e. The van der Waals surface area contributed by atoms with Crippen LogP contribution in [-0.2, 0) is 15.9 Å². The van der Waals surface area contributed by atoms with Gasteiger partial charge in [0.2, 0.25) is 0 Å². The van der Waals surface area contributed by atoms with Crippen LogP contribution in [0.1, 0.15) is 42.2 Å². The van der Waals surface area contributed by atoms with E-state index in [0.29, 0.717) is 5.92 Å². The Morgan fingerprint density at radius 3 is 2.73 bits per heavy atom. The molecule has 82 valence electrons. The Balaban J connectivity index is 2.41. The zero-order valence-electron chi connectivity index (χ0n) is 9.49. The molecule has 0 unspecified atom stereocenters. The van der Waals surface area contributed by atoms with Crippen molar-refractivity contribution in [3.8, 4) is 0 Å². The molecule has 0 saturated carbocycles. The Morgan fingerprint density at radius 1 is 1.33 bits per heavy atom. The maximum atomic E-state index is 5.28. The molecule has 0 bridgehead atoms. The molecule has 2 rings (SSSR count). The molecule has 0 aromatic carbocycles. The van der Waals surface area contributed by atoms with Gasteiger partial charge in [-0.3, -0.25) is 4.98 Å². The zero-order chi connectivity index (χ0) is 10.8. The van der Waals surface area contributed by atoms with E-state index in [9.17, 15) is 0 Å². The summed E-state index contributed by atoms with van der Waals surface area (Å²) in [5, 5.41) is 0. The molecule has 0 spiro atoms. The van der Waals surface area contributed by atoms with Crippen LogP contribution in [0.2, 0.25) is 0 Å². The van der Waals surface area contributed by atoms with Gasteiger partial charge in [0.05, 0.1) is 0 Å². The van der Waals surface area contributed by atoms with Gasteiger partial charge in [-0.05, 0) is 29.9 Å². The summed E-state index contributed by atoms with van der Waals surface area (Å²) < 4.78 is 10.6. The van der Waals surface area contributed by atoms with Gasteiger partial charge in [0, 0.05) is 32.2 Å². The van der Waals surface area contributed by atoms with E-state index in [0.717, 1.165) is 12.0 Å². The fourth-order valence-corrected chi connectivity index (χ4v) is 2.30. The molecule has 0 aliphatic heterocycles. The first-order chi connectivity index (χ1) is 7.27. The van der Waals surface area contributed by atoms with Gasteiger partial charge in [0.1, 0.15) is 0 Å². The average molecular weight is 207 g/mol. The Bertz CT molecular complexity index is 347. The predicted molar refractivity (Wildman–Crippen MR) is 57.7 cm³/mol. The molecule has 3 nitrogen and oxygen atoms in total. The van der Waals surface area contributed by atoms with Gasteiger partial charge in [0.15, 0.2) is 6.29 Å². The largest absolute Gasteiger partial charge is 0.352 e. The summed E-state index contributed by atoms with van der Waals surface area (Å²) in [6, 6.07) is 0. The summed E-state index contributed by atoms with van der Waals surface area (Å²) in [4.78, 5) is 4.26. The van der Waals surface area contributed by atoms with E-state index >= 15 is 0 Å². The van der Waals surface area contributed by atoms with Crippen LogP contribution < -0.4 is 0 Å². The Kier molecular flexibility index (Phi) is 3.03. The van der Waals surface area contributed by atoms with E-state index in [2.05, 4.69) is 11.9 Å². The standard InChI is InChI=1S/C12H17NO2/c1-8-4-5-9-10(8)6-13-7-11(9)12(14-2)15-3/h6-8,12H,4-5H2,1-3H3/t8-/m0/s1. The summed E-state index contributed by atoms with van der Waals surface area (Å²) in [6.07, 6.45) is 5.86. The summed E-state index contributed by atoms with van der Waals surface area (Å²) in [6.45, 7) is 2.24. The molecule has 15 heavy (non-hydrogen) atoms. The highest BCUT2D eigenvalue weighted by atomic mass is 16.7. The molecule has 0 radical (unpaired) electrons. The monoisotopic (exact) mass is 207 g/mol. The topological polar surface area (TPSA) is 31.4 Å². The first kappa shape index (κ1) is 10.6. The summed E-state index contributed by atoms with van der Waals surface area (Å²) in [5.41, 5.74) is 3.81. The maximum Gasteiger partial charge on any atom is 0.184 e. The van der Waals surface area contributed by atoms with Crippen molar-refractivity contribution in [3.05, 3.63) is 29.1 Å². The van der Waals surface area contributed by atoms with E-state index in [1.54, 1.807) is 14.2 Å². The van der Waals surface area contributed by atoms with Gasteiger partial charge in [-0.25, -0.2) is 0 Å². The third-order valence-electron chi connectivity index (χ3n) is 3.16. The lowest BCUT2D eigenvalue weighted by Gasteiger charge is -2.17. The van der Waals surface area contributed by atoms with Crippen molar-refractivity contribution in [2.75, 3.05) is 14.2 Å². The van der Waals surface area contributed by atoms with Gasteiger partial charge < -0.3 is 9.47 Å². The lowest BCUT2D eigenvalue weighted by atomic mass is 10.0. The summed E-state index contributed by atoms with van der Waals surface area (Å²) in [7, 11) is 3.32. The molecule has 1 heterocycles. The highest BCUT2D eigenvalue weighted by molar-refractivity contribution is 5.38. The van der Waals surface area contributed by atoms with E-state index in [1.165, 1.54) is 17.5 Å². The van der Waals surface area contributed by atoms with Crippen molar-refractivity contribution < 1.29 is 9.47 Å². The lowest BCUT2D eigenvalue weighted by Crippen LogP contribution is -2.07. The molecule has 1 atom stereocenters. The van der Waals surface area contributed by atoms with E-state index in [-0.39, 0.29) is 6.29 Å². The maximum absolute atomic E-state index is 5.28. The molecule has 1 aliphatic carbocycles. The highest BCUT2D eigenvalue weighted by Crippen LogP contribution is 2.36. The molecular weight excluding hydrogens is 190 g/mol. The van der Waals surface area contributed by atoms with Crippen molar-refractivity contribution in [1.82, 2.24) is 4.98 Å². The average Bonchev–Trinajstić information content (AvgIpc) is 2.64. The van der Waals surface area contributed by atoms with Crippen LogP contribution >= 0.6 is 0 Å². The van der Waals surface area contributed by atoms with Crippen LogP contribution in [0, 0.1) is 0 Å². The summed E-state index contributed by atoms with van der Waals surface area (Å²) in [5.74, 6) is 0.613. The number of rotatable bonds is 3. The molecule has 0 amide bonds. The van der Waals surface area contributed by atoms with Crippen molar-refractivity contribution in [1.29, 1.82) is 0 Å². The van der Waals surface area contributed by atoms with Gasteiger partial charge in [0.25, 0.3) is 0 Å². The molecule has 3 heteroatoms. The van der Waals surface area contributed by atoms with Crippen LogP contribution in [-0.4, -0.2) is 19.2 Å². The number of hydrogen-bond donors (Lipinski definition) is 0. The van der Waals surface area contributed by atoms with Crippen LogP contribution in [0.3, 0.4) is 0 Å².